The van der Waals surface area contributed by atoms with E-state index in [1.165, 1.54) is 18.5 Å². The topological polar surface area (TPSA) is 92.5 Å². The van der Waals surface area contributed by atoms with E-state index in [0.717, 1.165) is 10.6 Å². The number of oxazole rings is 1. The quantitative estimate of drug-likeness (QED) is 0.656. The van der Waals surface area contributed by atoms with Gasteiger partial charge in [0, 0.05) is 6.08 Å². The molecule has 0 aliphatic heterocycles. The van der Waals surface area contributed by atoms with Gasteiger partial charge in [0.1, 0.15) is 12.8 Å². The van der Waals surface area contributed by atoms with Gasteiger partial charge in [0.25, 0.3) is 11.8 Å². The molecule has 1 radical (unpaired) electrons. The van der Waals surface area contributed by atoms with Gasteiger partial charge in [0.15, 0.2) is 0 Å². The summed E-state index contributed by atoms with van der Waals surface area (Å²) < 4.78 is 4.81. The maximum Gasteiger partial charge on any atom is 0.325 e. The number of carbonyl (C=O) groups is 2. The number of hydrogen-bond acceptors (Lipinski definition) is 5. The summed E-state index contributed by atoms with van der Waals surface area (Å²) in [6.07, 6.45) is 6.88. The minimum Gasteiger partial charge on any atom is -0.441 e. The van der Waals surface area contributed by atoms with Crippen LogP contribution >= 0.6 is 0 Å². The first kappa shape index (κ1) is 15.2. The van der Waals surface area contributed by atoms with Gasteiger partial charge in [-0.05, 0) is 11.6 Å². The van der Waals surface area contributed by atoms with Crippen LogP contribution in [0.5, 0.6) is 0 Å². The van der Waals surface area contributed by atoms with Crippen molar-refractivity contribution in [2.75, 3.05) is 6.54 Å². The molecular weight excluding hydrogens is 286 g/mol. The van der Waals surface area contributed by atoms with Crippen LogP contribution in [0.15, 0.2) is 53.3 Å². The second-order valence-corrected chi connectivity index (χ2v) is 4.09. The third-order valence-electron chi connectivity index (χ3n) is 2.57. The van der Waals surface area contributed by atoms with Crippen LogP contribution in [0, 0.1) is 0 Å². The molecule has 1 heterocycles. The summed E-state index contributed by atoms with van der Waals surface area (Å²) >= 11 is 0. The Morgan fingerprint density at radius 3 is 2.73 bits per heavy atom. The lowest BCUT2D eigenvalue weighted by molar-refractivity contribution is -0.127. The zero-order valence-electron chi connectivity index (χ0n) is 11.4. The molecule has 7 nitrogen and oxygen atoms in total. The lowest BCUT2D eigenvalue weighted by Gasteiger charge is -2.17. The molecule has 0 saturated carbocycles. The highest BCUT2D eigenvalue weighted by Crippen LogP contribution is 2.02. The SMILES string of the molecule is O=[C]CN(NC(=O)c1ncco1)C(=O)/C=C/c1ccccc1. The molecular formula is C15H12N3O4. The first-order chi connectivity index (χ1) is 10.7. The first-order valence-electron chi connectivity index (χ1n) is 6.31. The Balaban J connectivity index is 2.03. The molecule has 1 aromatic carbocycles. The minimum absolute atomic E-state index is 0.212. The summed E-state index contributed by atoms with van der Waals surface area (Å²) in [6.45, 7) is -0.412. The van der Waals surface area contributed by atoms with Crippen LogP contribution in [0.3, 0.4) is 0 Å². The molecule has 0 spiro atoms. The molecule has 2 amide bonds. The van der Waals surface area contributed by atoms with Crippen molar-refractivity contribution in [3.8, 4) is 0 Å². The molecule has 7 heteroatoms. The number of aromatic nitrogens is 1. The second kappa shape index (κ2) is 7.53. The van der Waals surface area contributed by atoms with Crippen molar-refractivity contribution >= 4 is 24.2 Å². The van der Waals surface area contributed by atoms with Gasteiger partial charge in [0.2, 0.25) is 6.29 Å². The highest BCUT2D eigenvalue weighted by molar-refractivity contribution is 5.96. The molecule has 111 valence electrons. The summed E-state index contributed by atoms with van der Waals surface area (Å²) in [5, 5.41) is 0.818. The fourth-order valence-electron chi connectivity index (χ4n) is 1.56. The number of hydrogen-bond donors (Lipinski definition) is 1. The lowest BCUT2D eigenvalue weighted by Crippen LogP contribution is -2.46. The molecule has 22 heavy (non-hydrogen) atoms. The zero-order chi connectivity index (χ0) is 15.8. The van der Waals surface area contributed by atoms with E-state index < -0.39 is 18.4 Å². The van der Waals surface area contributed by atoms with Crippen molar-refractivity contribution in [2.45, 2.75) is 0 Å². The number of carbonyl (C=O) groups excluding carboxylic acids is 3. The molecule has 2 aromatic rings. The summed E-state index contributed by atoms with van der Waals surface area (Å²) in [5.41, 5.74) is 3.04. The molecule has 2 rings (SSSR count). The van der Waals surface area contributed by atoms with Gasteiger partial charge in [-0.3, -0.25) is 19.8 Å². The molecule has 0 aliphatic rings. The van der Waals surface area contributed by atoms with Crippen molar-refractivity contribution in [1.29, 1.82) is 0 Å². The monoisotopic (exact) mass is 298 g/mol. The number of benzene rings is 1. The molecule has 1 aromatic heterocycles. The van der Waals surface area contributed by atoms with Crippen LogP contribution in [-0.2, 0) is 9.59 Å². The van der Waals surface area contributed by atoms with E-state index in [-0.39, 0.29) is 5.89 Å². The van der Waals surface area contributed by atoms with E-state index >= 15 is 0 Å². The lowest BCUT2D eigenvalue weighted by atomic mass is 10.2. The van der Waals surface area contributed by atoms with Crippen LogP contribution in [0.4, 0.5) is 0 Å². The first-order valence-corrected chi connectivity index (χ1v) is 6.31. The predicted octanol–water partition coefficient (Wildman–Crippen LogP) is 0.971. The van der Waals surface area contributed by atoms with Crippen LogP contribution in [-0.4, -0.2) is 34.6 Å². The number of amides is 2. The van der Waals surface area contributed by atoms with Gasteiger partial charge in [-0.15, -0.1) is 0 Å². The van der Waals surface area contributed by atoms with Gasteiger partial charge < -0.3 is 4.42 Å². The minimum atomic E-state index is -0.735. The van der Waals surface area contributed by atoms with E-state index in [0.29, 0.717) is 0 Å². The maximum absolute atomic E-state index is 12.0. The van der Waals surface area contributed by atoms with Crippen molar-refractivity contribution < 1.29 is 18.8 Å². The van der Waals surface area contributed by atoms with E-state index in [1.807, 2.05) is 30.3 Å². The van der Waals surface area contributed by atoms with Crippen LogP contribution < -0.4 is 5.43 Å². The largest absolute Gasteiger partial charge is 0.441 e. The smallest absolute Gasteiger partial charge is 0.325 e. The maximum atomic E-state index is 12.0. The standard InChI is InChI=1S/C15H12N3O4/c19-10-9-18(17-14(21)15-16-8-11-22-15)13(20)7-6-12-4-2-1-3-5-12/h1-8,11H,9H2,(H,17,21)/b7-6+. The van der Waals surface area contributed by atoms with Crippen molar-refractivity contribution in [2.24, 2.45) is 0 Å². The van der Waals surface area contributed by atoms with E-state index in [9.17, 15) is 14.4 Å². The Morgan fingerprint density at radius 1 is 1.32 bits per heavy atom. The molecule has 0 fully saturated rings. The summed E-state index contributed by atoms with van der Waals surface area (Å²) in [7, 11) is 0. The highest BCUT2D eigenvalue weighted by Gasteiger charge is 2.17. The van der Waals surface area contributed by atoms with Crippen molar-refractivity contribution in [1.82, 2.24) is 15.4 Å². The number of nitrogens with one attached hydrogen (secondary N) is 1. The fraction of sp³-hybridized carbons (Fsp3) is 0.0667. The average molecular weight is 298 g/mol. The number of rotatable bonds is 5. The van der Waals surface area contributed by atoms with Gasteiger partial charge in [-0.1, -0.05) is 30.3 Å². The van der Waals surface area contributed by atoms with Crippen LogP contribution in [0.25, 0.3) is 6.08 Å². The molecule has 0 saturated heterocycles. The second-order valence-electron chi connectivity index (χ2n) is 4.09. The fourth-order valence-corrected chi connectivity index (χ4v) is 1.56. The highest BCUT2D eigenvalue weighted by atomic mass is 16.4. The third-order valence-corrected chi connectivity index (χ3v) is 2.57. The number of hydrazine groups is 1. The van der Waals surface area contributed by atoms with Gasteiger partial charge in [-0.2, -0.15) is 0 Å². The Hall–Kier alpha value is -3.22. The Labute approximate surface area is 126 Å². The predicted molar refractivity (Wildman–Crippen MR) is 76.9 cm³/mol. The molecule has 0 unspecified atom stereocenters. The number of nitrogens with zero attached hydrogens (tertiary/aromatic N) is 2. The summed E-state index contributed by atoms with van der Waals surface area (Å²) in [5.74, 6) is -1.52. The van der Waals surface area contributed by atoms with Crippen molar-refractivity contribution in [3.63, 3.8) is 0 Å². The average Bonchev–Trinajstić information content (AvgIpc) is 3.07. The van der Waals surface area contributed by atoms with Gasteiger partial charge >= 0.3 is 5.91 Å². The summed E-state index contributed by atoms with van der Waals surface area (Å²) in [4.78, 5) is 37.9. The van der Waals surface area contributed by atoms with Crippen LogP contribution in [0.1, 0.15) is 16.2 Å². The van der Waals surface area contributed by atoms with Gasteiger partial charge in [-0.25, -0.2) is 9.99 Å². The Morgan fingerprint density at radius 2 is 2.09 bits per heavy atom. The Bertz CT molecular complexity index is 665. The Kier molecular flexibility index (Phi) is 5.20. The van der Waals surface area contributed by atoms with Crippen LogP contribution in [0.2, 0.25) is 0 Å². The van der Waals surface area contributed by atoms with E-state index in [4.69, 9.17) is 4.42 Å². The van der Waals surface area contributed by atoms with Crippen molar-refractivity contribution in [3.05, 3.63) is 60.3 Å². The zero-order valence-corrected chi connectivity index (χ0v) is 11.4. The normalized spacial score (nSPS) is 10.4. The van der Waals surface area contributed by atoms with E-state index in [2.05, 4.69) is 10.4 Å². The third kappa shape index (κ3) is 4.14. The molecule has 1 N–H and O–H groups in total. The molecule has 0 aliphatic carbocycles. The van der Waals surface area contributed by atoms with E-state index in [1.54, 1.807) is 12.4 Å². The molecule has 0 bridgehead atoms. The van der Waals surface area contributed by atoms with Gasteiger partial charge in [0.05, 0.1) is 6.20 Å². The molecule has 0 atom stereocenters. The summed E-state index contributed by atoms with van der Waals surface area (Å²) in [6, 6.07) is 9.12.